The number of hydrogen-bond donors (Lipinski definition) is 2. The van der Waals surface area contributed by atoms with Gasteiger partial charge in [-0.05, 0) is 132 Å². The molecule has 0 aliphatic heterocycles. The molecule has 0 aromatic heterocycles. The fraction of sp³-hybridized carbons (Fsp3) is 0.862. The Morgan fingerprint density at radius 1 is 0.433 bits per heavy atom. The summed E-state index contributed by atoms with van der Waals surface area (Å²) in [5, 5.41) is 17.4. The normalized spacial score (nSPS) is 14.3. The Kier molecular flexibility index (Phi) is 63.3. The first-order valence-electron chi connectivity index (χ1n) is 26.7. The maximum Gasteiger partial charge on any atom is 0.0431 e. The second-order valence-corrected chi connectivity index (χ2v) is 19.2. The van der Waals surface area contributed by atoms with E-state index < -0.39 is 0 Å². The van der Waals surface area contributed by atoms with Gasteiger partial charge < -0.3 is 10.2 Å². The predicted molar refractivity (Wildman–Crippen MR) is 281 cm³/mol. The fourth-order valence-corrected chi connectivity index (χ4v) is 6.99. The number of allylic oxidation sites excluding steroid dienone is 8. The largest absolute Gasteiger partial charge is 0.396 e. The van der Waals surface area contributed by atoms with Gasteiger partial charge in [0.05, 0.1) is 0 Å². The standard InChI is InChI=1S/C18H34.C16H34O2.C10H18.C10H20.2C2H6/c1-5-7-9-11-13-15-17-18(3,4)16-14-12-10-8-6-2;1-16(2,13-9-5-7-11-15-18)12-8-4-3-6-10-14-17;1-10(2)8-6-4-3-5-7-9-10;1-3-5-7-9-10-8-6-4-2;2*1-2/h8,10-11,13H,5-7,9,12,14-17H2,1-4H3;17-18H,3-15H2,1-2H3;3-4H,5-9H2,1-2H3;9-10H,3-8H2,1-2H3;2*1-2H3/b;;4-3-;10-9-;;. The van der Waals surface area contributed by atoms with Gasteiger partial charge in [0.1, 0.15) is 0 Å². The van der Waals surface area contributed by atoms with Crippen LogP contribution in [0, 0.1) is 16.2 Å². The molecule has 1 aliphatic carbocycles. The molecule has 0 unspecified atom stereocenters. The van der Waals surface area contributed by atoms with Crippen molar-refractivity contribution >= 4 is 0 Å². The summed E-state index contributed by atoms with van der Waals surface area (Å²) in [4.78, 5) is 0. The van der Waals surface area contributed by atoms with Crippen molar-refractivity contribution in [3.63, 3.8) is 0 Å². The van der Waals surface area contributed by atoms with Crippen molar-refractivity contribution in [3.8, 4) is 0 Å². The molecule has 0 bridgehead atoms. The van der Waals surface area contributed by atoms with E-state index in [2.05, 4.69) is 118 Å². The lowest BCUT2D eigenvalue weighted by molar-refractivity contribution is 0.265. The molecule has 0 amide bonds. The van der Waals surface area contributed by atoms with E-state index in [1.807, 2.05) is 27.7 Å². The van der Waals surface area contributed by atoms with Crippen LogP contribution in [0.1, 0.15) is 296 Å². The summed E-state index contributed by atoms with van der Waals surface area (Å²) in [5.41, 5.74) is 1.59. The number of unbranched alkanes of at least 4 members (excludes halogenated alkanes) is 14. The Balaban J connectivity index is -0.000000224. The van der Waals surface area contributed by atoms with Gasteiger partial charge in [-0.2, -0.15) is 0 Å². The highest BCUT2D eigenvalue weighted by Gasteiger charge is 2.18. The van der Waals surface area contributed by atoms with E-state index in [-0.39, 0.29) is 0 Å². The maximum absolute atomic E-state index is 8.71. The van der Waals surface area contributed by atoms with Crippen LogP contribution in [-0.2, 0) is 0 Å². The molecular weight excluding hydrogens is 729 g/mol. The van der Waals surface area contributed by atoms with Crippen LogP contribution in [0.4, 0.5) is 0 Å². The Morgan fingerprint density at radius 2 is 0.800 bits per heavy atom. The summed E-state index contributed by atoms with van der Waals surface area (Å²) < 4.78 is 0. The number of rotatable bonds is 30. The second-order valence-electron chi connectivity index (χ2n) is 19.2. The van der Waals surface area contributed by atoms with E-state index >= 15 is 0 Å². The molecule has 0 saturated carbocycles. The molecule has 2 N–H and O–H groups in total. The van der Waals surface area contributed by atoms with Crippen molar-refractivity contribution in [1.29, 1.82) is 0 Å². The molecule has 0 spiro atoms. The second kappa shape index (κ2) is 55.9. The zero-order valence-corrected chi connectivity index (χ0v) is 44.3. The van der Waals surface area contributed by atoms with Crippen LogP contribution in [0.25, 0.3) is 0 Å². The number of hydrogen-bond acceptors (Lipinski definition) is 2. The molecule has 0 saturated heterocycles. The average molecular weight is 848 g/mol. The van der Waals surface area contributed by atoms with E-state index in [0.717, 1.165) is 12.8 Å². The highest BCUT2D eigenvalue weighted by atomic mass is 16.3. The third-order valence-electron chi connectivity index (χ3n) is 11.3. The summed E-state index contributed by atoms with van der Waals surface area (Å²) in [6, 6.07) is 0. The van der Waals surface area contributed by atoms with Crippen LogP contribution in [0.15, 0.2) is 48.6 Å². The van der Waals surface area contributed by atoms with Gasteiger partial charge in [-0.25, -0.2) is 0 Å². The lowest BCUT2D eigenvalue weighted by Gasteiger charge is -2.24. The molecule has 0 atom stereocenters. The van der Waals surface area contributed by atoms with Crippen LogP contribution in [0.3, 0.4) is 0 Å². The molecule has 2 heteroatoms. The van der Waals surface area contributed by atoms with Crippen molar-refractivity contribution in [2.45, 2.75) is 296 Å². The van der Waals surface area contributed by atoms with Gasteiger partial charge >= 0.3 is 0 Å². The van der Waals surface area contributed by atoms with Crippen molar-refractivity contribution in [1.82, 2.24) is 0 Å². The van der Waals surface area contributed by atoms with E-state index in [4.69, 9.17) is 10.2 Å². The van der Waals surface area contributed by atoms with Crippen LogP contribution < -0.4 is 0 Å². The van der Waals surface area contributed by atoms with Crippen molar-refractivity contribution < 1.29 is 10.2 Å². The Bertz CT molecular complexity index is 848. The van der Waals surface area contributed by atoms with Crippen LogP contribution in [0.2, 0.25) is 0 Å². The van der Waals surface area contributed by atoms with E-state index in [9.17, 15) is 0 Å². The van der Waals surface area contributed by atoms with Crippen LogP contribution in [0.5, 0.6) is 0 Å². The van der Waals surface area contributed by atoms with E-state index in [1.165, 1.54) is 186 Å². The lowest BCUT2D eigenvalue weighted by Crippen LogP contribution is -2.11. The summed E-state index contributed by atoms with van der Waals surface area (Å²) in [5.74, 6) is 0. The molecule has 0 heterocycles. The average Bonchev–Trinajstić information content (AvgIpc) is 3.22. The molecule has 0 aromatic carbocycles. The van der Waals surface area contributed by atoms with Gasteiger partial charge in [-0.3, -0.25) is 0 Å². The summed E-state index contributed by atoms with van der Waals surface area (Å²) in [6.07, 6.45) is 58.3. The molecule has 0 fully saturated rings. The molecule has 1 aliphatic rings. The first-order valence-corrected chi connectivity index (χ1v) is 26.7. The lowest BCUT2D eigenvalue weighted by atomic mass is 9.81. The first-order chi connectivity index (χ1) is 28.9. The van der Waals surface area contributed by atoms with Crippen molar-refractivity contribution in [2.24, 2.45) is 16.2 Å². The zero-order chi connectivity index (χ0) is 46.5. The van der Waals surface area contributed by atoms with E-state index in [0.29, 0.717) is 29.5 Å². The number of aliphatic hydroxyl groups excluding tert-OH is 2. The Labute approximate surface area is 382 Å². The third kappa shape index (κ3) is 66.0. The van der Waals surface area contributed by atoms with Gasteiger partial charge in [0, 0.05) is 13.2 Å². The van der Waals surface area contributed by atoms with Crippen LogP contribution >= 0.6 is 0 Å². The molecule has 0 aromatic rings. The smallest absolute Gasteiger partial charge is 0.0431 e. The molecule has 60 heavy (non-hydrogen) atoms. The van der Waals surface area contributed by atoms with Gasteiger partial charge in [-0.1, -0.05) is 229 Å². The van der Waals surface area contributed by atoms with Gasteiger partial charge in [0.2, 0.25) is 0 Å². The van der Waals surface area contributed by atoms with Crippen LogP contribution in [-0.4, -0.2) is 23.4 Å². The molecule has 2 nitrogen and oxygen atoms in total. The summed E-state index contributed by atoms with van der Waals surface area (Å²) in [7, 11) is 0. The molecule has 1 rings (SSSR count). The summed E-state index contributed by atoms with van der Waals surface area (Å²) in [6.45, 7) is 32.0. The third-order valence-corrected chi connectivity index (χ3v) is 11.3. The SMILES string of the molecule is CC.CC.CC(C)(CCCCCCO)CCCCCCCO.CC1(C)CC/C=C\CCC1.CCC=CCCCC(C)(C)CCC=CCCCC.CCCC/C=C\CCCC. The molecular formula is C58H118O2. The number of aliphatic hydroxyl groups is 2. The monoisotopic (exact) mass is 847 g/mol. The topological polar surface area (TPSA) is 40.5 Å². The van der Waals surface area contributed by atoms with Crippen molar-refractivity contribution in [3.05, 3.63) is 48.6 Å². The minimum Gasteiger partial charge on any atom is -0.396 e. The maximum atomic E-state index is 8.71. The van der Waals surface area contributed by atoms with Gasteiger partial charge in [-0.15, -0.1) is 0 Å². The quantitative estimate of drug-likeness (QED) is 0.0558. The van der Waals surface area contributed by atoms with Gasteiger partial charge in [0.25, 0.3) is 0 Å². The molecule has 362 valence electrons. The zero-order valence-electron chi connectivity index (χ0n) is 44.3. The van der Waals surface area contributed by atoms with Crippen molar-refractivity contribution in [2.75, 3.05) is 13.2 Å². The summed E-state index contributed by atoms with van der Waals surface area (Å²) >= 11 is 0. The minimum atomic E-state index is 0.344. The minimum absolute atomic E-state index is 0.344. The van der Waals surface area contributed by atoms with E-state index in [1.54, 1.807) is 0 Å². The van der Waals surface area contributed by atoms with Gasteiger partial charge in [0.15, 0.2) is 0 Å². The fourth-order valence-electron chi connectivity index (χ4n) is 6.99. The Hall–Kier alpha value is -1.12. The molecule has 0 radical (unpaired) electrons. The Morgan fingerprint density at radius 3 is 1.25 bits per heavy atom. The highest BCUT2D eigenvalue weighted by molar-refractivity contribution is 4.87. The highest BCUT2D eigenvalue weighted by Crippen LogP contribution is 2.32. The predicted octanol–water partition coefficient (Wildman–Crippen LogP) is 20.5. The first kappa shape index (κ1) is 67.9.